The number of nitriles is 1. The molecule has 0 fully saturated rings. The highest BCUT2D eigenvalue weighted by Crippen LogP contribution is 2.35. The second-order valence-electron chi connectivity index (χ2n) is 6.78. The van der Waals surface area contributed by atoms with Crippen molar-refractivity contribution in [2.24, 2.45) is 0 Å². The molecule has 160 valence electrons. The van der Waals surface area contributed by atoms with Crippen LogP contribution in [-0.2, 0) is 6.54 Å². The van der Waals surface area contributed by atoms with Gasteiger partial charge in [-0.05, 0) is 46.3 Å². The number of hydrogen-bond acceptors (Lipinski definition) is 3. The first kappa shape index (κ1) is 22.2. The molecule has 5 nitrogen and oxygen atoms in total. The van der Waals surface area contributed by atoms with Gasteiger partial charge in [-0.15, -0.1) is 0 Å². The topological polar surface area (TPSA) is 77.9 Å². The van der Waals surface area contributed by atoms with Crippen LogP contribution in [0.4, 0.5) is 4.39 Å². The number of halogens is 4. The number of hydrogen-bond donors (Lipinski definition) is 2. The predicted octanol–water partition coefficient (Wildman–Crippen LogP) is 6.97. The van der Waals surface area contributed by atoms with Crippen LogP contribution in [0.25, 0.3) is 10.9 Å². The molecule has 0 aliphatic carbocycles. The third-order valence-electron chi connectivity index (χ3n) is 4.66. The fourth-order valence-corrected chi connectivity index (χ4v) is 4.17. The van der Waals surface area contributed by atoms with Crippen molar-refractivity contribution in [1.29, 1.82) is 5.26 Å². The summed E-state index contributed by atoms with van der Waals surface area (Å²) in [6, 6.07) is 16.7. The van der Waals surface area contributed by atoms with E-state index in [1.807, 2.05) is 30.3 Å². The van der Waals surface area contributed by atoms with E-state index >= 15 is 4.39 Å². The van der Waals surface area contributed by atoms with Gasteiger partial charge in [0.25, 0.3) is 5.91 Å². The van der Waals surface area contributed by atoms with Crippen LogP contribution >= 0.6 is 39.1 Å². The van der Waals surface area contributed by atoms with Gasteiger partial charge in [0.05, 0.1) is 21.1 Å². The molecule has 4 rings (SSSR count). The fourth-order valence-electron chi connectivity index (χ4n) is 3.14. The maximum absolute atomic E-state index is 15.1. The van der Waals surface area contributed by atoms with Gasteiger partial charge in [-0.1, -0.05) is 47.5 Å². The third kappa shape index (κ3) is 4.44. The van der Waals surface area contributed by atoms with Crippen molar-refractivity contribution >= 4 is 55.9 Å². The number of fused-ring (bicyclic) bond motifs is 1. The van der Waals surface area contributed by atoms with E-state index in [2.05, 4.69) is 26.2 Å². The van der Waals surface area contributed by atoms with Crippen LogP contribution < -0.4 is 10.1 Å². The minimum absolute atomic E-state index is 0.0365. The zero-order chi connectivity index (χ0) is 22.8. The highest BCUT2D eigenvalue weighted by atomic mass is 79.9. The molecule has 1 amide bonds. The number of carbonyl (C=O) groups excluding carboxylic acids is 1. The van der Waals surface area contributed by atoms with E-state index in [1.165, 1.54) is 30.3 Å². The first-order valence-corrected chi connectivity index (χ1v) is 10.8. The summed E-state index contributed by atoms with van der Waals surface area (Å²) >= 11 is 15.5. The summed E-state index contributed by atoms with van der Waals surface area (Å²) in [6.45, 7) is -0.0982. The predicted molar refractivity (Wildman–Crippen MR) is 125 cm³/mol. The first-order valence-electron chi connectivity index (χ1n) is 9.27. The molecule has 4 aromatic rings. The number of rotatable bonds is 5. The lowest BCUT2D eigenvalue weighted by Crippen LogP contribution is -2.24. The van der Waals surface area contributed by atoms with Gasteiger partial charge in [0.15, 0.2) is 11.6 Å². The number of aromatic nitrogens is 1. The molecular formula is C23H13BrCl2FN3O2. The smallest absolute Gasteiger partial charge is 0.269 e. The van der Waals surface area contributed by atoms with Crippen molar-refractivity contribution in [2.75, 3.05) is 0 Å². The number of para-hydroxylation sites is 1. The SMILES string of the molecule is N#Cc1cc(Cl)cc(Oc2c(Cl)ccc(CNC(=O)c3[nH]c4ccccc4c3Br)c2F)c1. The number of amides is 1. The molecule has 0 saturated heterocycles. The molecule has 2 N–H and O–H groups in total. The monoisotopic (exact) mass is 531 g/mol. The Balaban J connectivity index is 1.56. The van der Waals surface area contributed by atoms with Crippen LogP contribution in [0.15, 0.2) is 59.1 Å². The second-order valence-corrected chi connectivity index (χ2v) is 8.42. The molecule has 1 aromatic heterocycles. The summed E-state index contributed by atoms with van der Waals surface area (Å²) in [6.07, 6.45) is 0. The van der Waals surface area contributed by atoms with Gasteiger partial charge in [0.2, 0.25) is 0 Å². The number of nitrogens with zero attached hydrogens (tertiary/aromatic N) is 1. The van der Waals surface area contributed by atoms with Crippen LogP contribution in [-0.4, -0.2) is 10.9 Å². The summed E-state index contributed by atoms with van der Waals surface area (Å²) < 4.78 is 21.3. The van der Waals surface area contributed by atoms with Crippen LogP contribution in [0.2, 0.25) is 10.0 Å². The molecule has 0 spiro atoms. The first-order chi connectivity index (χ1) is 15.4. The normalized spacial score (nSPS) is 10.7. The van der Waals surface area contributed by atoms with Gasteiger partial charge in [-0.25, -0.2) is 4.39 Å². The van der Waals surface area contributed by atoms with Crippen LogP contribution in [0.5, 0.6) is 11.5 Å². The van der Waals surface area contributed by atoms with Gasteiger partial charge in [-0.2, -0.15) is 5.26 Å². The Hall–Kier alpha value is -3.05. The molecule has 0 saturated carbocycles. The Morgan fingerprint density at radius 1 is 1.19 bits per heavy atom. The Kier molecular flexibility index (Phi) is 6.38. The average Bonchev–Trinajstić information content (AvgIpc) is 3.12. The minimum atomic E-state index is -0.730. The Bertz CT molecular complexity index is 1400. The zero-order valence-corrected chi connectivity index (χ0v) is 19.3. The number of carbonyl (C=O) groups is 1. The molecule has 0 bridgehead atoms. The molecule has 0 aliphatic rings. The van der Waals surface area contributed by atoms with E-state index in [9.17, 15) is 4.79 Å². The van der Waals surface area contributed by atoms with E-state index in [0.717, 1.165) is 10.9 Å². The standard InChI is InChI=1S/C23H13BrCl2FN3O2/c24-19-16-3-1-2-4-18(16)30-21(19)23(31)29-11-13-5-6-17(26)22(20(13)27)32-15-8-12(10-28)7-14(25)9-15/h1-9,30H,11H2,(H,29,31). The van der Waals surface area contributed by atoms with E-state index < -0.39 is 11.7 Å². The van der Waals surface area contributed by atoms with Crippen molar-refractivity contribution in [1.82, 2.24) is 10.3 Å². The lowest BCUT2D eigenvalue weighted by Gasteiger charge is -2.13. The van der Waals surface area contributed by atoms with Gasteiger partial charge in [-0.3, -0.25) is 4.79 Å². The average molecular weight is 533 g/mol. The Labute approximate surface area is 200 Å². The fraction of sp³-hybridized carbons (Fsp3) is 0.0435. The quantitative estimate of drug-likeness (QED) is 0.291. The summed E-state index contributed by atoms with van der Waals surface area (Å²) in [5.74, 6) is -1.19. The van der Waals surface area contributed by atoms with Crippen molar-refractivity contribution in [3.05, 3.63) is 91.8 Å². The molecule has 0 atom stereocenters. The van der Waals surface area contributed by atoms with E-state index in [-0.39, 0.29) is 39.2 Å². The van der Waals surface area contributed by atoms with E-state index in [1.54, 1.807) is 0 Å². The lowest BCUT2D eigenvalue weighted by atomic mass is 10.2. The Morgan fingerprint density at radius 2 is 1.97 bits per heavy atom. The second kappa shape index (κ2) is 9.21. The van der Waals surface area contributed by atoms with Crippen molar-refractivity contribution in [3.8, 4) is 17.6 Å². The molecule has 32 heavy (non-hydrogen) atoms. The van der Waals surface area contributed by atoms with Crippen LogP contribution in [0, 0.1) is 17.1 Å². The maximum Gasteiger partial charge on any atom is 0.269 e. The summed E-state index contributed by atoms with van der Waals surface area (Å²) in [4.78, 5) is 15.7. The van der Waals surface area contributed by atoms with Gasteiger partial charge in [0, 0.05) is 28.0 Å². The minimum Gasteiger partial charge on any atom is -0.453 e. The number of benzene rings is 3. The molecular weight excluding hydrogens is 520 g/mol. The maximum atomic E-state index is 15.1. The summed E-state index contributed by atoms with van der Waals surface area (Å²) in [5.41, 5.74) is 1.57. The largest absolute Gasteiger partial charge is 0.453 e. The molecule has 0 radical (unpaired) electrons. The van der Waals surface area contributed by atoms with E-state index in [0.29, 0.717) is 10.2 Å². The molecule has 3 aromatic carbocycles. The van der Waals surface area contributed by atoms with Crippen molar-refractivity contribution in [2.45, 2.75) is 6.54 Å². The number of nitrogens with one attached hydrogen (secondary N) is 2. The molecule has 1 heterocycles. The number of aromatic amines is 1. The molecule has 0 unspecified atom stereocenters. The number of H-pyrrole nitrogens is 1. The zero-order valence-electron chi connectivity index (χ0n) is 16.2. The summed E-state index contributed by atoms with van der Waals surface area (Å²) in [5, 5.41) is 12.9. The highest BCUT2D eigenvalue weighted by molar-refractivity contribution is 9.10. The number of ether oxygens (including phenoxy) is 1. The molecule has 0 aliphatic heterocycles. The van der Waals surface area contributed by atoms with Crippen molar-refractivity contribution in [3.63, 3.8) is 0 Å². The van der Waals surface area contributed by atoms with Crippen LogP contribution in [0.3, 0.4) is 0 Å². The third-order valence-corrected chi connectivity index (χ3v) is 6.00. The van der Waals surface area contributed by atoms with Gasteiger partial charge in [0.1, 0.15) is 11.4 Å². The Morgan fingerprint density at radius 3 is 2.72 bits per heavy atom. The van der Waals surface area contributed by atoms with Gasteiger partial charge < -0.3 is 15.0 Å². The lowest BCUT2D eigenvalue weighted by molar-refractivity contribution is 0.0945. The van der Waals surface area contributed by atoms with Crippen LogP contribution in [0.1, 0.15) is 21.6 Å². The molecule has 9 heteroatoms. The van der Waals surface area contributed by atoms with E-state index in [4.69, 9.17) is 33.2 Å². The van der Waals surface area contributed by atoms with Crippen molar-refractivity contribution < 1.29 is 13.9 Å². The highest BCUT2D eigenvalue weighted by Gasteiger charge is 2.19. The summed E-state index contributed by atoms with van der Waals surface area (Å²) in [7, 11) is 0. The van der Waals surface area contributed by atoms with Gasteiger partial charge >= 0.3 is 0 Å².